The van der Waals surface area contributed by atoms with E-state index >= 15 is 0 Å². The van der Waals surface area contributed by atoms with Gasteiger partial charge in [0.05, 0.1) is 5.56 Å². The van der Waals surface area contributed by atoms with Crippen molar-refractivity contribution >= 4 is 11.8 Å². The Bertz CT molecular complexity index is 694. The smallest absolute Gasteiger partial charge is 0.338 e. The summed E-state index contributed by atoms with van der Waals surface area (Å²) in [5.41, 5.74) is 0.656. The molecule has 0 spiro atoms. The molecule has 0 unspecified atom stereocenters. The van der Waals surface area contributed by atoms with Gasteiger partial charge in [-0.1, -0.05) is 18.2 Å². The van der Waals surface area contributed by atoms with Gasteiger partial charge < -0.3 is 9.84 Å². The summed E-state index contributed by atoms with van der Waals surface area (Å²) in [5.74, 6) is -1.70. The van der Waals surface area contributed by atoms with Crippen molar-refractivity contribution in [3.63, 3.8) is 0 Å². The predicted molar refractivity (Wildman–Crippen MR) is 74.1 cm³/mol. The van der Waals surface area contributed by atoms with Crippen molar-refractivity contribution < 1.29 is 23.8 Å². The van der Waals surface area contributed by atoms with E-state index in [1.54, 1.807) is 24.3 Å². The average molecular weight is 288 g/mol. The van der Waals surface area contributed by atoms with Gasteiger partial charge >= 0.3 is 5.97 Å². The molecule has 0 amide bonds. The minimum atomic E-state index is -1.31. The zero-order valence-corrected chi connectivity index (χ0v) is 11.3. The summed E-state index contributed by atoms with van der Waals surface area (Å²) in [5, 5.41) is 8.74. The lowest BCUT2D eigenvalue weighted by atomic mass is 10.1. The minimum absolute atomic E-state index is 0.0719. The first-order chi connectivity index (χ1) is 9.97. The van der Waals surface area contributed by atoms with Crippen LogP contribution < -0.4 is 4.74 Å². The van der Waals surface area contributed by atoms with Crippen molar-refractivity contribution in [1.29, 1.82) is 0 Å². The van der Waals surface area contributed by atoms with E-state index in [0.717, 1.165) is 6.07 Å². The monoisotopic (exact) mass is 288 g/mol. The van der Waals surface area contributed by atoms with Crippen molar-refractivity contribution in [2.75, 3.05) is 0 Å². The van der Waals surface area contributed by atoms with Gasteiger partial charge in [-0.2, -0.15) is 0 Å². The maximum atomic E-state index is 13.5. The first-order valence-electron chi connectivity index (χ1n) is 6.23. The Morgan fingerprint density at radius 2 is 1.95 bits per heavy atom. The van der Waals surface area contributed by atoms with Crippen molar-refractivity contribution in [3.8, 4) is 5.75 Å². The number of ketones is 1. The molecule has 0 saturated heterocycles. The summed E-state index contributed by atoms with van der Waals surface area (Å²) in [6.45, 7) is 1.54. The SMILES string of the molecule is CC(=O)c1cccc(OCc2ccc(C(=O)O)c(F)c2)c1. The van der Waals surface area contributed by atoms with Crippen molar-refractivity contribution in [2.45, 2.75) is 13.5 Å². The second kappa shape index (κ2) is 6.17. The van der Waals surface area contributed by atoms with E-state index in [0.29, 0.717) is 16.9 Å². The molecule has 2 aromatic carbocycles. The maximum absolute atomic E-state index is 13.5. The molecule has 1 N–H and O–H groups in total. The number of carboxylic acids is 1. The lowest BCUT2D eigenvalue weighted by molar-refractivity contribution is 0.0691. The molecule has 5 heteroatoms. The number of ether oxygens (including phenoxy) is 1. The summed E-state index contributed by atoms with van der Waals surface area (Å²) in [7, 11) is 0. The van der Waals surface area contributed by atoms with Crippen LogP contribution in [-0.2, 0) is 6.61 Å². The predicted octanol–water partition coefficient (Wildman–Crippen LogP) is 3.31. The van der Waals surface area contributed by atoms with E-state index in [4.69, 9.17) is 9.84 Å². The first kappa shape index (κ1) is 14.7. The van der Waals surface area contributed by atoms with Gasteiger partial charge in [0, 0.05) is 5.56 Å². The van der Waals surface area contributed by atoms with E-state index < -0.39 is 11.8 Å². The normalized spacial score (nSPS) is 10.2. The fraction of sp³-hybridized carbons (Fsp3) is 0.125. The lowest BCUT2D eigenvalue weighted by Crippen LogP contribution is -2.03. The van der Waals surface area contributed by atoms with Crippen LogP contribution in [0.3, 0.4) is 0 Å². The van der Waals surface area contributed by atoms with Gasteiger partial charge in [-0.15, -0.1) is 0 Å². The number of benzene rings is 2. The molecule has 2 rings (SSSR count). The zero-order chi connectivity index (χ0) is 15.4. The molecule has 0 aliphatic heterocycles. The maximum Gasteiger partial charge on any atom is 0.338 e. The molecule has 0 aromatic heterocycles. The highest BCUT2D eigenvalue weighted by Gasteiger charge is 2.10. The van der Waals surface area contributed by atoms with Crippen LogP contribution in [-0.4, -0.2) is 16.9 Å². The molecule has 0 saturated carbocycles. The first-order valence-corrected chi connectivity index (χ1v) is 6.23. The summed E-state index contributed by atoms with van der Waals surface area (Å²) in [6, 6.07) is 10.5. The molecule has 4 nitrogen and oxygen atoms in total. The summed E-state index contributed by atoms with van der Waals surface area (Å²) < 4.78 is 19.0. The van der Waals surface area contributed by atoms with Crippen molar-refractivity contribution in [3.05, 3.63) is 65.0 Å². The summed E-state index contributed by atoms with van der Waals surface area (Å²) in [4.78, 5) is 22.0. The van der Waals surface area contributed by atoms with E-state index in [1.807, 2.05) is 0 Å². The van der Waals surface area contributed by atoms with Crippen LogP contribution in [0.4, 0.5) is 4.39 Å². The van der Waals surface area contributed by atoms with E-state index in [1.165, 1.54) is 19.1 Å². The Balaban J connectivity index is 2.10. The Kier molecular flexibility index (Phi) is 4.33. The largest absolute Gasteiger partial charge is 0.489 e. The third-order valence-electron chi connectivity index (χ3n) is 2.91. The summed E-state index contributed by atoms with van der Waals surface area (Å²) in [6.07, 6.45) is 0. The molecule has 0 aliphatic carbocycles. The van der Waals surface area contributed by atoms with E-state index in [-0.39, 0.29) is 18.0 Å². The second-order valence-corrected chi connectivity index (χ2v) is 4.49. The van der Waals surface area contributed by atoms with E-state index in [2.05, 4.69) is 0 Å². The second-order valence-electron chi connectivity index (χ2n) is 4.49. The Morgan fingerprint density at radius 1 is 1.19 bits per heavy atom. The molecule has 0 bridgehead atoms. The number of carbonyl (C=O) groups is 2. The highest BCUT2D eigenvalue weighted by atomic mass is 19.1. The van der Waals surface area contributed by atoms with Crippen molar-refractivity contribution in [2.24, 2.45) is 0 Å². The number of carboxylic acid groups (broad SMARTS) is 1. The fourth-order valence-electron chi connectivity index (χ4n) is 1.79. The molecule has 0 radical (unpaired) electrons. The molecule has 0 atom stereocenters. The number of Topliss-reactive ketones (excluding diaryl/α,β-unsaturated/α-hetero) is 1. The average Bonchev–Trinajstić information content (AvgIpc) is 2.45. The molecule has 21 heavy (non-hydrogen) atoms. The third kappa shape index (κ3) is 3.66. The van der Waals surface area contributed by atoms with Crippen molar-refractivity contribution in [1.82, 2.24) is 0 Å². The molecule has 0 aliphatic rings. The van der Waals surface area contributed by atoms with E-state index in [9.17, 15) is 14.0 Å². The standard InChI is InChI=1S/C16H13FO4/c1-10(18)12-3-2-4-13(8-12)21-9-11-5-6-14(16(19)20)15(17)7-11/h2-8H,9H2,1H3,(H,19,20). The molecule has 108 valence electrons. The fourth-order valence-corrected chi connectivity index (χ4v) is 1.79. The number of halogens is 1. The van der Waals surface area contributed by atoms with Crippen LogP contribution in [0.2, 0.25) is 0 Å². The Morgan fingerprint density at radius 3 is 2.57 bits per heavy atom. The summed E-state index contributed by atoms with van der Waals surface area (Å²) >= 11 is 0. The van der Waals surface area contributed by atoms with Crippen LogP contribution in [0.5, 0.6) is 5.75 Å². The van der Waals surface area contributed by atoms with Crippen LogP contribution >= 0.6 is 0 Å². The van der Waals surface area contributed by atoms with Gasteiger partial charge in [-0.25, -0.2) is 9.18 Å². The highest BCUT2D eigenvalue weighted by Crippen LogP contribution is 2.17. The van der Waals surface area contributed by atoms with Crippen LogP contribution in [0.1, 0.15) is 33.2 Å². The number of carbonyl (C=O) groups excluding carboxylic acids is 1. The molecule has 2 aromatic rings. The topological polar surface area (TPSA) is 63.6 Å². The van der Waals surface area contributed by atoms with Gasteiger partial charge in [0.2, 0.25) is 0 Å². The molecule has 0 fully saturated rings. The molecular formula is C16H13FO4. The third-order valence-corrected chi connectivity index (χ3v) is 2.91. The number of hydrogen-bond donors (Lipinski definition) is 1. The molecular weight excluding hydrogens is 275 g/mol. The van der Waals surface area contributed by atoms with Gasteiger partial charge in [0.15, 0.2) is 5.78 Å². The number of rotatable bonds is 5. The van der Waals surface area contributed by atoms with Gasteiger partial charge in [0.25, 0.3) is 0 Å². The number of hydrogen-bond acceptors (Lipinski definition) is 3. The number of aromatic carboxylic acids is 1. The Labute approximate surface area is 120 Å². The lowest BCUT2D eigenvalue weighted by Gasteiger charge is -2.08. The van der Waals surface area contributed by atoms with Gasteiger partial charge in [0.1, 0.15) is 18.2 Å². The highest BCUT2D eigenvalue weighted by molar-refractivity contribution is 5.94. The van der Waals surface area contributed by atoms with Gasteiger partial charge in [-0.3, -0.25) is 4.79 Å². The van der Waals surface area contributed by atoms with Crippen LogP contribution in [0.15, 0.2) is 42.5 Å². The quantitative estimate of drug-likeness (QED) is 0.857. The van der Waals surface area contributed by atoms with Crippen LogP contribution in [0, 0.1) is 5.82 Å². The minimum Gasteiger partial charge on any atom is -0.489 e. The Hall–Kier alpha value is -2.69. The zero-order valence-electron chi connectivity index (χ0n) is 11.3. The van der Waals surface area contributed by atoms with Crippen LogP contribution in [0.25, 0.3) is 0 Å². The van der Waals surface area contributed by atoms with Gasteiger partial charge in [-0.05, 0) is 36.8 Å². The molecule has 0 heterocycles.